The molecule has 6 nitrogen and oxygen atoms in total. The largest absolute Gasteiger partial charge is 0.335 e. The highest BCUT2D eigenvalue weighted by Crippen LogP contribution is 2.28. The summed E-state index contributed by atoms with van der Waals surface area (Å²) in [6.45, 7) is 12.8. The number of carbonyl (C=O) groups is 1. The van der Waals surface area contributed by atoms with Crippen LogP contribution in [-0.4, -0.2) is 45.9 Å². The van der Waals surface area contributed by atoms with E-state index in [0.717, 1.165) is 48.6 Å². The molecule has 0 radical (unpaired) electrons. The summed E-state index contributed by atoms with van der Waals surface area (Å²) < 4.78 is 1.94. The average molecular weight is 384 g/mol. The number of aryl methyl sites for hydroxylation is 1. The number of carbonyl (C=O) groups excluding carboxylic acids is 1. The average Bonchev–Trinajstić information content (AvgIpc) is 3.06. The van der Waals surface area contributed by atoms with E-state index in [9.17, 15) is 4.79 Å². The lowest BCUT2D eigenvalue weighted by molar-refractivity contribution is 0.163. The summed E-state index contributed by atoms with van der Waals surface area (Å²) in [5.74, 6) is 0.228. The highest BCUT2D eigenvalue weighted by atomic mass is 16.2. The van der Waals surface area contributed by atoms with Gasteiger partial charge in [0, 0.05) is 25.2 Å². The van der Waals surface area contributed by atoms with Crippen molar-refractivity contribution in [2.75, 3.05) is 18.4 Å². The zero-order valence-corrected chi connectivity index (χ0v) is 17.7. The first-order chi connectivity index (χ1) is 13.4. The van der Waals surface area contributed by atoms with Gasteiger partial charge in [-0.05, 0) is 51.2 Å². The molecule has 2 heterocycles. The van der Waals surface area contributed by atoms with Crippen LogP contribution in [0.2, 0.25) is 0 Å². The Hall–Kier alpha value is -2.34. The second kappa shape index (κ2) is 8.78. The molecule has 0 saturated carbocycles. The highest BCUT2D eigenvalue weighted by molar-refractivity contribution is 5.90. The highest BCUT2D eigenvalue weighted by Gasteiger charge is 2.23. The Balaban J connectivity index is 1.69. The molecule has 1 aromatic heterocycles. The van der Waals surface area contributed by atoms with Gasteiger partial charge >= 0.3 is 6.03 Å². The van der Waals surface area contributed by atoms with Crippen LogP contribution in [0.15, 0.2) is 30.5 Å². The van der Waals surface area contributed by atoms with Gasteiger partial charge in [0.05, 0.1) is 23.3 Å². The Morgan fingerprint density at radius 2 is 1.82 bits per heavy atom. The van der Waals surface area contributed by atoms with Crippen molar-refractivity contribution in [1.82, 2.24) is 20.0 Å². The van der Waals surface area contributed by atoms with E-state index in [-0.39, 0.29) is 18.0 Å². The number of para-hydroxylation sites is 1. The predicted molar refractivity (Wildman–Crippen MR) is 114 cm³/mol. The van der Waals surface area contributed by atoms with Crippen molar-refractivity contribution in [3.05, 3.63) is 41.7 Å². The van der Waals surface area contributed by atoms with Crippen LogP contribution in [0.25, 0.3) is 5.69 Å². The number of piperidine rings is 1. The van der Waals surface area contributed by atoms with Gasteiger partial charge in [-0.1, -0.05) is 32.0 Å². The van der Waals surface area contributed by atoms with Crippen LogP contribution in [0.5, 0.6) is 0 Å². The Labute approximate surface area is 168 Å². The molecular weight excluding hydrogens is 350 g/mol. The molecule has 1 saturated heterocycles. The monoisotopic (exact) mass is 383 g/mol. The van der Waals surface area contributed by atoms with Crippen LogP contribution < -0.4 is 10.6 Å². The predicted octanol–water partition coefficient (Wildman–Crippen LogP) is 4.30. The molecule has 1 aliphatic heterocycles. The van der Waals surface area contributed by atoms with Crippen molar-refractivity contribution in [2.45, 2.75) is 65.5 Å². The second-order valence-corrected chi connectivity index (χ2v) is 8.30. The van der Waals surface area contributed by atoms with Crippen LogP contribution in [0, 0.1) is 6.92 Å². The number of benzene rings is 1. The fourth-order valence-electron chi connectivity index (χ4n) is 3.91. The molecule has 2 N–H and O–H groups in total. The molecule has 1 fully saturated rings. The topological polar surface area (TPSA) is 62.2 Å². The lowest BCUT2D eigenvalue weighted by atomic mass is 10.0. The second-order valence-electron chi connectivity index (χ2n) is 8.30. The summed E-state index contributed by atoms with van der Waals surface area (Å²) in [5.41, 5.74) is 3.98. The zero-order valence-electron chi connectivity index (χ0n) is 17.7. The first kappa shape index (κ1) is 20.4. The molecule has 0 atom stereocenters. The summed E-state index contributed by atoms with van der Waals surface area (Å²) in [7, 11) is 0. The SMILES string of the molecule is Cc1ccccc1-n1ncc(NC(=O)NC2CCN(C(C)C)CC2)c1C(C)C. The van der Waals surface area contributed by atoms with Crippen molar-refractivity contribution in [3.8, 4) is 5.69 Å². The lowest BCUT2D eigenvalue weighted by Gasteiger charge is -2.34. The maximum Gasteiger partial charge on any atom is 0.319 e. The van der Waals surface area contributed by atoms with E-state index in [0.29, 0.717) is 6.04 Å². The Morgan fingerprint density at radius 3 is 2.43 bits per heavy atom. The van der Waals surface area contributed by atoms with Gasteiger partial charge in [-0.25, -0.2) is 9.48 Å². The zero-order chi connectivity index (χ0) is 20.3. The van der Waals surface area contributed by atoms with Crippen molar-refractivity contribution in [1.29, 1.82) is 0 Å². The smallest absolute Gasteiger partial charge is 0.319 e. The Kier molecular flexibility index (Phi) is 6.39. The minimum Gasteiger partial charge on any atom is -0.335 e. The number of rotatable bonds is 5. The van der Waals surface area contributed by atoms with Crippen molar-refractivity contribution in [3.63, 3.8) is 0 Å². The minimum absolute atomic E-state index is 0.144. The maximum absolute atomic E-state index is 12.6. The number of urea groups is 1. The van der Waals surface area contributed by atoms with E-state index < -0.39 is 0 Å². The number of aromatic nitrogens is 2. The number of anilines is 1. The summed E-state index contributed by atoms with van der Waals surface area (Å²) in [6.07, 6.45) is 3.74. The molecule has 0 aliphatic carbocycles. The molecule has 152 valence electrons. The molecule has 0 unspecified atom stereocenters. The lowest BCUT2D eigenvalue weighted by Crippen LogP contribution is -2.47. The molecule has 0 bridgehead atoms. The number of amides is 2. The van der Waals surface area contributed by atoms with Gasteiger partial charge < -0.3 is 15.5 Å². The molecule has 0 spiro atoms. The number of hydrogen-bond acceptors (Lipinski definition) is 3. The van der Waals surface area contributed by atoms with Crippen LogP contribution >= 0.6 is 0 Å². The molecular formula is C22H33N5O. The number of likely N-dealkylation sites (tertiary alicyclic amines) is 1. The van der Waals surface area contributed by atoms with Gasteiger partial charge in [0.25, 0.3) is 0 Å². The Morgan fingerprint density at radius 1 is 1.14 bits per heavy atom. The number of nitrogens with zero attached hydrogens (tertiary/aromatic N) is 3. The van der Waals surface area contributed by atoms with Crippen LogP contribution in [0.3, 0.4) is 0 Å². The molecule has 3 rings (SSSR count). The van der Waals surface area contributed by atoms with Gasteiger partial charge in [-0.3, -0.25) is 0 Å². The molecule has 28 heavy (non-hydrogen) atoms. The van der Waals surface area contributed by atoms with Gasteiger partial charge in [-0.15, -0.1) is 0 Å². The van der Waals surface area contributed by atoms with E-state index in [4.69, 9.17) is 0 Å². The number of hydrogen-bond donors (Lipinski definition) is 2. The third kappa shape index (κ3) is 4.55. The van der Waals surface area contributed by atoms with Crippen molar-refractivity contribution >= 4 is 11.7 Å². The van der Waals surface area contributed by atoms with Crippen LogP contribution in [0.1, 0.15) is 57.7 Å². The van der Waals surface area contributed by atoms with Gasteiger partial charge in [0.15, 0.2) is 0 Å². The van der Waals surface area contributed by atoms with E-state index in [1.165, 1.54) is 0 Å². The normalized spacial score (nSPS) is 16.0. The first-order valence-corrected chi connectivity index (χ1v) is 10.3. The fourth-order valence-corrected chi connectivity index (χ4v) is 3.91. The maximum atomic E-state index is 12.6. The van der Waals surface area contributed by atoms with E-state index in [2.05, 4.69) is 67.4 Å². The fraction of sp³-hybridized carbons (Fsp3) is 0.545. The molecule has 2 amide bonds. The third-order valence-electron chi connectivity index (χ3n) is 5.54. The van der Waals surface area contributed by atoms with E-state index >= 15 is 0 Å². The third-order valence-corrected chi connectivity index (χ3v) is 5.54. The first-order valence-electron chi connectivity index (χ1n) is 10.3. The van der Waals surface area contributed by atoms with Crippen LogP contribution in [-0.2, 0) is 0 Å². The summed E-state index contributed by atoms with van der Waals surface area (Å²) >= 11 is 0. The summed E-state index contributed by atoms with van der Waals surface area (Å²) in [4.78, 5) is 15.1. The molecule has 6 heteroatoms. The minimum atomic E-state index is -0.144. The molecule has 2 aromatic rings. The van der Waals surface area contributed by atoms with E-state index in [1.54, 1.807) is 6.20 Å². The van der Waals surface area contributed by atoms with E-state index in [1.807, 2.05) is 16.8 Å². The van der Waals surface area contributed by atoms with Gasteiger partial charge in [0.1, 0.15) is 0 Å². The quantitative estimate of drug-likeness (QED) is 0.809. The van der Waals surface area contributed by atoms with Crippen molar-refractivity contribution < 1.29 is 4.79 Å². The Bertz CT molecular complexity index is 803. The van der Waals surface area contributed by atoms with Crippen LogP contribution in [0.4, 0.5) is 10.5 Å². The standard InChI is InChI=1S/C22H33N5O/c1-15(2)21-19(14-23-27(21)20-9-7-6-8-17(20)5)25-22(28)24-18-10-12-26(13-11-18)16(3)4/h6-9,14-16,18H,10-13H2,1-5H3,(H2,24,25,28). The molecule has 1 aromatic carbocycles. The van der Waals surface area contributed by atoms with Gasteiger partial charge in [-0.2, -0.15) is 5.10 Å². The summed E-state index contributed by atoms with van der Waals surface area (Å²) in [6, 6.07) is 8.81. The molecule has 1 aliphatic rings. The summed E-state index contributed by atoms with van der Waals surface area (Å²) in [5, 5.41) is 10.7. The van der Waals surface area contributed by atoms with Gasteiger partial charge in [0.2, 0.25) is 0 Å². The van der Waals surface area contributed by atoms with Crippen molar-refractivity contribution in [2.24, 2.45) is 0 Å². The number of nitrogens with one attached hydrogen (secondary N) is 2.